The quantitative estimate of drug-likeness (QED) is 0.582. The van der Waals surface area contributed by atoms with Gasteiger partial charge in [-0.1, -0.05) is 61.7 Å². The number of ether oxygens (including phenoxy) is 1. The molecule has 2 aromatic rings. The van der Waals surface area contributed by atoms with Gasteiger partial charge in [0, 0.05) is 23.1 Å². The van der Waals surface area contributed by atoms with Crippen LogP contribution in [0, 0.1) is 0 Å². The van der Waals surface area contributed by atoms with E-state index in [1.54, 1.807) is 12.1 Å². The van der Waals surface area contributed by atoms with Crippen LogP contribution in [0.15, 0.2) is 46.9 Å². The fraction of sp³-hybridized carbons (Fsp3) is 0.440. The molecule has 0 unspecified atom stereocenters. The molecule has 0 radical (unpaired) electrons. The van der Waals surface area contributed by atoms with Gasteiger partial charge in [0.05, 0.1) is 11.3 Å². The maximum atomic E-state index is 13.1. The lowest BCUT2D eigenvalue weighted by molar-refractivity contribution is -0.118. The van der Waals surface area contributed by atoms with Crippen LogP contribution in [0.3, 0.4) is 0 Å². The highest BCUT2D eigenvalue weighted by atomic mass is 79.9. The maximum absolute atomic E-state index is 13.1. The smallest absolute Gasteiger partial charge is 0.262 e. The fourth-order valence-electron chi connectivity index (χ4n) is 3.77. The van der Waals surface area contributed by atoms with Gasteiger partial charge in [0.1, 0.15) is 5.75 Å². The lowest BCUT2D eigenvalue weighted by Crippen LogP contribution is -2.33. The number of likely N-dealkylation sites (tertiary alicyclic amines) is 1. The normalized spacial score (nSPS) is 14.6. The van der Waals surface area contributed by atoms with Gasteiger partial charge in [-0.25, -0.2) is 0 Å². The summed E-state index contributed by atoms with van der Waals surface area (Å²) in [6.07, 6.45) is 4.37. The molecule has 0 saturated carbocycles. The number of rotatable bonds is 5. The molecule has 1 heterocycles. The summed E-state index contributed by atoms with van der Waals surface area (Å²) in [4.78, 5) is 27.6. The molecule has 166 valence electrons. The Morgan fingerprint density at radius 3 is 2.39 bits per heavy atom. The Balaban J connectivity index is 1.69. The Morgan fingerprint density at radius 2 is 1.71 bits per heavy atom. The summed E-state index contributed by atoms with van der Waals surface area (Å²) in [7, 11) is 0. The predicted molar refractivity (Wildman–Crippen MR) is 128 cm³/mol. The second kappa shape index (κ2) is 10.3. The number of nitrogens with zero attached hydrogens (tertiary/aromatic N) is 1. The van der Waals surface area contributed by atoms with Crippen LogP contribution < -0.4 is 10.1 Å². The zero-order chi connectivity index (χ0) is 22.4. The molecule has 5 nitrogen and oxygen atoms in total. The first-order chi connectivity index (χ1) is 14.8. The van der Waals surface area contributed by atoms with E-state index < -0.39 is 0 Å². The van der Waals surface area contributed by atoms with E-state index in [0.717, 1.165) is 48.8 Å². The molecular weight excluding hydrogens is 456 g/mol. The minimum absolute atomic E-state index is 0.0263. The standard InChI is InChI=1S/C25H31BrN2O3/c1-25(2,3)20-16-18(26)12-13-22(20)31-17-23(29)27-21-11-7-6-10-19(21)24(30)28-14-8-4-5-9-15-28/h6-7,10-13,16H,4-5,8-9,14-15,17H2,1-3H3,(H,27,29). The first kappa shape index (κ1) is 23.3. The van der Waals surface area contributed by atoms with E-state index in [1.165, 1.54) is 0 Å². The fourth-order valence-corrected chi connectivity index (χ4v) is 4.13. The highest BCUT2D eigenvalue weighted by Gasteiger charge is 2.22. The number of carbonyl (C=O) groups excluding carboxylic acids is 2. The van der Waals surface area contributed by atoms with Gasteiger partial charge in [-0.05, 0) is 48.6 Å². The van der Waals surface area contributed by atoms with Gasteiger partial charge in [-0.3, -0.25) is 9.59 Å². The second-order valence-corrected chi connectivity index (χ2v) is 9.90. The number of halogens is 1. The van der Waals surface area contributed by atoms with Crippen LogP contribution in [0.4, 0.5) is 5.69 Å². The van der Waals surface area contributed by atoms with Gasteiger partial charge in [0.15, 0.2) is 6.61 Å². The van der Waals surface area contributed by atoms with Crippen molar-refractivity contribution in [2.75, 3.05) is 25.0 Å². The van der Waals surface area contributed by atoms with E-state index in [1.807, 2.05) is 35.2 Å². The molecule has 31 heavy (non-hydrogen) atoms. The van der Waals surface area contributed by atoms with Crippen molar-refractivity contribution >= 4 is 33.4 Å². The Kier molecular flexibility index (Phi) is 7.76. The zero-order valence-electron chi connectivity index (χ0n) is 18.5. The van der Waals surface area contributed by atoms with Crippen LogP contribution in [-0.2, 0) is 10.2 Å². The largest absolute Gasteiger partial charge is 0.483 e. The number of carbonyl (C=O) groups is 2. The van der Waals surface area contributed by atoms with Crippen molar-refractivity contribution in [3.63, 3.8) is 0 Å². The average Bonchev–Trinajstić information content (AvgIpc) is 3.01. The van der Waals surface area contributed by atoms with Crippen molar-refractivity contribution in [1.82, 2.24) is 4.90 Å². The molecule has 0 bridgehead atoms. The third-order valence-corrected chi connectivity index (χ3v) is 5.93. The van der Waals surface area contributed by atoms with Gasteiger partial charge in [0.25, 0.3) is 11.8 Å². The molecule has 1 aliphatic heterocycles. The Hall–Kier alpha value is -2.34. The third-order valence-electron chi connectivity index (χ3n) is 5.43. The SMILES string of the molecule is CC(C)(C)c1cc(Br)ccc1OCC(=O)Nc1ccccc1C(=O)N1CCCCCC1. The lowest BCUT2D eigenvalue weighted by atomic mass is 9.86. The Morgan fingerprint density at radius 1 is 1.03 bits per heavy atom. The summed E-state index contributed by atoms with van der Waals surface area (Å²) < 4.78 is 6.83. The van der Waals surface area contributed by atoms with Gasteiger partial charge >= 0.3 is 0 Å². The highest BCUT2D eigenvalue weighted by molar-refractivity contribution is 9.10. The first-order valence-electron chi connectivity index (χ1n) is 10.9. The lowest BCUT2D eigenvalue weighted by Gasteiger charge is -2.23. The van der Waals surface area contributed by atoms with Crippen molar-refractivity contribution in [3.8, 4) is 5.75 Å². The third kappa shape index (κ3) is 6.33. The van der Waals surface area contributed by atoms with E-state index in [9.17, 15) is 9.59 Å². The summed E-state index contributed by atoms with van der Waals surface area (Å²) in [5.41, 5.74) is 1.95. The minimum Gasteiger partial charge on any atom is -0.483 e. The Bertz CT molecular complexity index is 929. The second-order valence-electron chi connectivity index (χ2n) is 8.98. The van der Waals surface area contributed by atoms with Gasteiger partial charge in [-0.15, -0.1) is 0 Å². The van der Waals surface area contributed by atoms with E-state index in [2.05, 4.69) is 42.0 Å². The minimum atomic E-state index is -0.293. The molecule has 0 spiro atoms. The van der Waals surface area contributed by atoms with Crippen LogP contribution in [0.1, 0.15) is 62.4 Å². The number of amides is 2. The van der Waals surface area contributed by atoms with E-state index in [0.29, 0.717) is 17.0 Å². The van der Waals surface area contributed by atoms with Gasteiger partial charge in [-0.2, -0.15) is 0 Å². The number of benzene rings is 2. The summed E-state index contributed by atoms with van der Waals surface area (Å²) in [6.45, 7) is 7.72. The zero-order valence-corrected chi connectivity index (χ0v) is 20.1. The van der Waals surface area contributed by atoms with E-state index >= 15 is 0 Å². The first-order valence-corrected chi connectivity index (χ1v) is 11.7. The topological polar surface area (TPSA) is 58.6 Å². The highest BCUT2D eigenvalue weighted by Crippen LogP contribution is 2.33. The predicted octanol–water partition coefficient (Wildman–Crippen LogP) is 5.78. The summed E-state index contributed by atoms with van der Waals surface area (Å²) in [5, 5.41) is 2.87. The van der Waals surface area contributed by atoms with Crippen LogP contribution in [0.5, 0.6) is 5.75 Å². The summed E-state index contributed by atoms with van der Waals surface area (Å²) in [5.74, 6) is 0.361. The van der Waals surface area contributed by atoms with Gasteiger partial charge < -0.3 is 15.0 Å². The molecule has 1 fully saturated rings. The molecule has 0 atom stereocenters. The van der Waals surface area contributed by atoms with Gasteiger partial charge in [0.2, 0.25) is 0 Å². The van der Waals surface area contributed by atoms with Crippen molar-refractivity contribution in [1.29, 1.82) is 0 Å². The number of nitrogens with one attached hydrogen (secondary N) is 1. The molecule has 6 heteroatoms. The number of hydrogen-bond donors (Lipinski definition) is 1. The Labute approximate surface area is 193 Å². The average molecular weight is 487 g/mol. The van der Waals surface area contributed by atoms with Crippen LogP contribution in [0.25, 0.3) is 0 Å². The maximum Gasteiger partial charge on any atom is 0.262 e. The molecular formula is C25H31BrN2O3. The molecule has 1 N–H and O–H groups in total. The molecule has 0 aliphatic carbocycles. The monoisotopic (exact) mass is 486 g/mol. The summed E-state index contributed by atoms with van der Waals surface area (Å²) >= 11 is 3.50. The van der Waals surface area contributed by atoms with Crippen molar-refractivity contribution in [2.45, 2.75) is 51.9 Å². The summed E-state index contributed by atoms with van der Waals surface area (Å²) in [6, 6.07) is 13.0. The van der Waals surface area contributed by atoms with Crippen LogP contribution >= 0.6 is 15.9 Å². The van der Waals surface area contributed by atoms with Crippen molar-refractivity contribution in [2.24, 2.45) is 0 Å². The molecule has 1 aliphatic rings. The molecule has 2 aromatic carbocycles. The van der Waals surface area contributed by atoms with Crippen LogP contribution in [0.2, 0.25) is 0 Å². The molecule has 3 rings (SSSR count). The number of hydrogen-bond acceptors (Lipinski definition) is 3. The van der Waals surface area contributed by atoms with E-state index in [4.69, 9.17) is 4.74 Å². The van der Waals surface area contributed by atoms with Crippen molar-refractivity contribution < 1.29 is 14.3 Å². The molecule has 1 saturated heterocycles. The molecule has 0 aromatic heterocycles. The van der Waals surface area contributed by atoms with Crippen LogP contribution in [-0.4, -0.2) is 36.4 Å². The number of para-hydroxylation sites is 1. The van der Waals surface area contributed by atoms with E-state index in [-0.39, 0.29) is 23.8 Å². The van der Waals surface area contributed by atoms with Crippen molar-refractivity contribution in [3.05, 3.63) is 58.1 Å². The molecule has 2 amide bonds. The number of anilines is 1.